The van der Waals surface area contributed by atoms with Crippen molar-refractivity contribution in [1.82, 2.24) is 10.2 Å². The Labute approximate surface area is 188 Å². The second-order valence-electron chi connectivity index (χ2n) is 6.00. The third-order valence-electron chi connectivity index (χ3n) is 4.20. The molecule has 0 heterocycles. The van der Waals surface area contributed by atoms with E-state index in [2.05, 4.69) is 27.9 Å². The number of hydrogen-bond donors (Lipinski definition) is 1. The van der Waals surface area contributed by atoms with Crippen LogP contribution in [-0.4, -0.2) is 36.4 Å². The zero-order valence-electron chi connectivity index (χ0n) is 15.5. The summed E-state index contributed by atoms with van der Waals surface area (Å²) < 4.78 is 6.68. The number of halogens is 3. The molecule has 0 spiro atoms. The highest BCUT2D eigenvalue weighted by atomic mass is 127. The molecule has 2 rings (SSSR count). The van der Waals surface area contributed by atoms with Crippen LogP contribution in [0.4, 0.5) is 0 Å². The van der Waals surface area contributed by atoms with Crippen LogP contribution in [-0.2, 0) is 16.1 Å². The zero-order valence-corrected chi connectivity index (χ0v) is 19.2. The van der Waals surface area contributed by atoms with Crippen LogP contribution in [0.5, 0.6) is 5.75 Å². The second-order valence-corrected chi connectivity index (χ2v) is 8.06. The number of nitrogens with one attached hydrogen (secondary N) is 1. The highest BCUT2D eigenvalue weighted by molar-refractivity contribution is 14.1. The molecule has 0 fully saturated rings. The molecule has 2 amide bonds. The number of ether oxygens (including phenoxy) is 1. The molecule has 5 nitrogen and oxygen atoms in total. The summed E-state index contributed by atoms with van der Waals surface area (Å²) >= 11 is 14.7. The lowest BCUT2D eigenvalue weighted by Gasteiger charge is -2.30. The molecule has 2 aromatic rings. The highest BCUT2D eigenvalue weighted by Crippen LogP contribution is 2.27. The predicted molar refractivity (Wildman–Crippen MR) is 120 cm³/mol. The number of carbonyl (C=O) groups excluding carboxylic acids is 2. The molecule has 0 unspecified atom stereocenters. The van der Waals surface area contributed by atoms with E-state index in [0.29, 0.717) is 27.8 Å². The molecule has 0 aliphatic rings. The average Bonchev–Trinajstić information content (AvgIpc) is 2.69. The standard InChI is InChI=1S/C20H21Cl2IN2O3/c1-3-18(20(27)24-2)25(11-15-16(21)5-4-6-17(15)22)19(26)12-28-14-9-7-13(23)8-10-14/h4-10,18H,3,11-12H2,1-2H3,(H,24,27)/t18-/m1/s1. The minimum absolute atomic E-state index is 0.110. The maximum atomic E-state index is 13.0. The summed E-state index contributed by atoms with van der Waals surface area (Å²) in [7, 11) is 1.54. The van der Waals surface area contributed by atoms with E-state index in [1.807, 2.05) is 19.1 Å². The van der Waals surface area contributed by atoms with E-state index in [4.69, 9.17) is 27.9 Å². The van der Waals surface area contributed by atoms with Crippen LogP contribution < -0.4 is 10.1 Å². The number of nitrogens with zero attached hydrogens (tertiary/aromatic N) is 1. The molecule has 0 radical (unpaired) electrons. The third kappa shape index (κ3) is 5.99. The van der Waals surface area contributed by atoms with Gasteiger partial charge in [0.25, 0.3) is 5.91 Å². The van der Waals surface area contributed by atoms with E-state index in [-0.39, 0.29) is 25.0 Å². The fourth-order valence-electron chi connectivity index (χ4n) is 2.70. The lowest BCUT2D eigenvalue weighted by Crippen LogP contribution is -2.49. The summed E-state index contributed by atoms with van der Waals surface area (Å²) in [6.07, 6.45) is 0.441. The Morgan fingerprint density at radius 1 is 1.14 bits per heavy atom. The van der Waals surface area contributed by atoms with Crippen LogP contribution in [0, 0.1) is 3.57 Å². The van der Waals surface area contributed by atoms with E-state index in [1.165, 1.54) is 11.9 Å². The first-order valence-electron chi connectivity index (χ1n) is 8.69. The van der Waals surface area contributed by atoms with Crippen LogP contribution in [0.15, 0.2) is 42.5 Å². The van der Waals surface area contributed by atoms with E-state index in [9.17, 15) is 9.59 Å². The fraction of sp³-hybridized carbons (Fsp3) is 0.300. The molecule has 28 heavy (non-hydrogen) atoms. The number of benzene rings is 2. The lowest BCUT2D eigenvalue weighted by molar-refractivity contribution is -0.142. The van der Waals surface area contributed by atoms with Crippen molar-refractivity contribution in [2.24, 2.45) is 0 Å². The number of rotatable bonds is 8. The molecule has 1 N–H and O–H groups in total. The van der Waals surface area contributed by atoms with Gasteiger partial charge >= 0.3 is 0 Å². The van der Waals surface area contributed by atoms with Crippen molar-refractivity contribution in [3.63, 3.8) is 0 Å². The molecule has 8 heteroatoms. The van der Waals surface area contributed by atoms with Gasteiger partial charge < -0.3 is 15.0 Å². The van der Waals surface area contributed by atoms with Crippen LogP contribution >= 0.6 is 45.8 Å². The molecule has 0 aliphatic carbocycles. The summed E-state index contributed by atoms with van der Waals surface area (Å²) in [5.41, 5.74) is 0.593. The number of hydrogen-bond acceptors (Lipinski definition) is 3. The molecular formula is C20H21Cl2IN2O3. The van der Waals surface area contributed by atoms with Gasteiger partial charge in [-0.05, 0) is 65.4 Å². The van der Waals surface area contributed by atoms with Gasteiger partial charge in [-0.3, -0.25) is 9.59 Å². The van der Waals surface area contributed by atoms with Gasteiger partial charge in [0.2, 0.25) is 5.91 Å². The smallest absolute Gasteiger partial charge is 0.261 e. The summed E-state index contributed by atoms with van der Waals surface area (Å²) in [6, 6.07) is 11.8. The quantitative estimate of drug-likeness (QED) is 0.506. The first kappa shape index (κ1) is 22.8. The van der Waals surface area contributed by atoms with Crippen LogP contribution in [0.1, 0.15) is 18.9 Å². The Kier molecular flexibility index (Phi) is 8.85. The van der Waals surface area contributed by atoms with Crippen LogP contribution in [0.25, 0.3) is 0 Å². The molecule has 1 atom stereocenters. The summed E-state index contributed by atoms with van der Waals surface area (Å²) in [4.78, 5) is 26.8. The van der Waals surface area contributed by atoms with E-state index in [1.54, 1.807) is 30.3 Å². The minimum Gasteiger partial charge on any atom is -0.484 e. The van der Waals surface area contributed by atoms with E-state index >= 15 is 0 Å². The van der Waals surface area contributed by atoms with Crippen molar-refractivity contribution < 1.29 is 14.3 Å². The Bertz CT molecular complexity index is 810. The Hall–Kier alpha value is -1.51. The first-order valence-corrected chi connectivity index (χ1v) is 10.5. The van der Waals surface area contributed by atoms with Crippen molar-refractivity contribution in [1.29, 1.82) is 0 Å². The maximum Gasteiger partial charge on any atom is 0.261 e. The second kappa shape index (κ2) is 10.9. The van der Waals surface area contributed by atoms with Crippen molar-refractivity contribution in [2.75, 3.05) is 13.7 Å². The van der Waals surface area contributed by atoms with Crippen molar-refractivity contribution in [3.8, 4) is 5.75 Å². The van der Waals surface area contributed by atoms with Gasteiger partial charge in [0.15, 0.2) is 6.61 Å². The summed E-state index contributed by atoms with van der Waals surface area (Å²) in [5.74, 6) is -0.00393. The Morgan fingerprint density at radius 2 is 1.75 bits per heavy atom. The van der Waals surface area contributed by atoms with Gasteiger partial charge in [0, 0.05) is 32.8 Å². The van der Waals surface area contributed by atoms with Crippen molar-refractivity contribution >= 4 is 57.6 Å². The first-order chi connectivity index (χ1) is 13.4. The molecule has 150 valence electrons. The van der Waals surface area contributed by atoms with Gasteiger partial charge in [-0.15, -0.1) is 0 Å². The number of carbonyl (C=O) groups is 2. The minimum atomic E-state index is -0.662. The molecule has 0 saturated heterocycles. The van der Waals surface area contributed by atoms with Crippen LogP contribution in [0.3, 0.4) is 0 Å². The molecule has 0 saturated carbocycles. The average molecular weight is 535 g/mol. The summed E-state index contributed by atoms with van der Waals surface area (Å²) in [6.45, 7) is 1.75. The third-order valence-corrected chi connectivity index (χ3v) is 5.63. The van der Waals surface area contributed by atoms with E-state index < -0.39 is 6.04 Å². The SMILES string of the molecule is CC[C@H](C(=O)NC)N(Cc1c(Cl)cccc1Cl)C(=O)COc1ccc(I)cc1. The largest absolute Gasteiger partial charge is 0.484 e. The summed E-state index contributed by atoms with van der Waals surface area (Å²) in [5, 5.41) is 3.49. The normalized spacial score (nSPS) is 11.6. The predicted octanol–water partition coefficient (Wildman–Crippen LogP) is 4.53. The number of likely N-dealkylation sites (N-methyl/N-ethyl adjacent to an activating group) is 1. The van der Waals surface area contributed by atoms with Crippen molar-refractivity contribution in [2.45, 2.75) is 25.9 Å². The van der Waals surface area contributed by atoms with Crippen LogP contribution in [0.2, 0.25) is 10.0 Å². The van der Waals surface area contributed by atoms with Crippen molar-refractivity contribution in [3.05, 3.63) is 61.6 Å². The fourth-order valence-corrected chi connectivity index (χ4v) is 3.58. The van der Waals surface area contributed by atoms with Gasteiger partial charge in [0.1, 0.15) is 11.8 Å². The number of amides is 2. The Morgan fingerprint density at radius 3 is 2.29 bits per heavy atom. The Balaban J connectivity index is 2.24. The molecule has 0 aromatic heterocycles. The van der Waals surface area contributed by atoms with E-state index in [0.717, 1.165) is 3.57 Å². The topological polar surface area (TPSA) is 58.6 Å². The molecule has 2 aromatic carbocycles. The van der Waals surface area contributed by atoms with Gasteiger partial charge in [0.05, 0.1) is 0 Å². The highest BCUT2D eigenvalue weighted by Gasteiger charge is 2.29. The van der Waals surface area contributed by atoms with Gasteiger partial charge in [-0.25, -0.2) is 0 Å². The monoisotopic (exact) mass is 534 g/mol. The van der Waals surface area contributed by atoms with Gasteiger partial charge in [-0.1, -0.05) is 36.2 Å². The molecule has 0 aliphatic heterocycles. The molecular weight excluding hydrogens is 514 g/mol. The lowest BCUT2D eigenvalue weighted by atomic mass is 10.1. The van der Waals surface area contributed by atoms with Gasteiger partial charge in [-0.2, -0.15) is 0 Å². The maximum absolute atomic E-state index is 13.0. The zero-order chi connectivity index (χ0) is 20.7. The molecule has 0 bridgehead atoms.